The molecule has 0 saturated heterocycles. The van der Waals surface area contributed by atoms with Gasteiger partial charge in [-0.2, -0.15) is 0 Å². The van der Waals surface area contributed by atoms with Gasteiger partial charge in [0, 0.05) is 19.3 Å². The van der Waals surface area contributed by atoms with Crippen LogP contribution in [-0.2, 0) is 16.4 Å². The number of aromatic nitrogens is 1. The highest BCUT2D eigenvalue weighted by molar-refractivity contribution is 7.91. The number of nitrogens with one attached hydrogen (secondary N) is 1. The van der Waals surface area contributed by atoms with Gasteiger partial charge in [0.2, 0.25) is 0 Å². The summed E-state index contributed by atoms with van der Waals surface area (Å²) >= 11 is 0.739. The average Bonchev–Trinajstić information content (AvgIpc) is 2.79. The molecular formula is C14H18N2O3S2. The van der Waals surface area contributed by atoms with E-state index in [0.29, 0.717) is 12.2 Å². The maximum atomic E-state index is 12.4. The van der Waals surface area contributed by atoms with E-state index >= 15 is 0 Å². The van der Waals surface area contributed by atoms with Crippen LogP contribution in [0.3, 0.4) is 0 Å². The van der Waals surface area contributed by atoms with Crippen molar-refractivity contribution in [3.8, 4) is 0 Å². The molecule has 1 heterocycles. The van der Waals surface area contributed by atoms with E-state index in [9.17, 15) is 13.2 Å². The Morgan fingerprint density at radius 1 is 1.24 bits per heavy atom. The second-order valence-electron chi connectivity index (χ2n) is 4.84. The van der Waals surface area contributed by atoms with Crippen molar-refractivity contribution in [3.63, 3.8) is 0 Å². The van der Waals surface area contributed by atoms with Gasteiger partial charge in [-0.1, -0.05) is 41.7 Å². The third-order valence-corrected chi connectivity index (χ3v) is 6.65. The van der Waals surface area contributed by atoms with Gasteiger partial charge in [-0.3, -0.25) is 4.79 Å². The van der Waals surface area contributed by atoms with Crippen molar-refractivity contribution in [1.29, 1.82) is 0 Å². The molecule has 114 valence electrons. The molecule has 0 radical (unpaired) electrons. The zero-order chi connectivity index (χ0) is 15.5. The molecular weight excluding hydrogens is 308 g/mol. The van der Waals surface area contributed by atoms with Gasteiger partial charge in [0.05, 0.1) is 0 Å². The average molecular weight is 326 g/mol. The van der Waals surface area contributed by atoms with Crippen molar-refractivity contribution in [2.75, 3.05) is 13.6 Å². The van der Waals surface area contributed by atoms with Gasteiger partial charge in [0.15, 0.2) is 4.21 Å². The highest BCUT2D eigenvalue weighted by atomic mass is 32.2. The third kappa shape index (κ3) is 3.81. The van der Waals surface area contributed by atoms with Crippen molar-refractivity contribution in [3.05, 3.63) is 51.3 Å². The molecule has 1 aromatic heterocycles. The number of thiazole rings is 1. The Labute approximate surface area is 128 Å². The van der Waals surface area contributed by atoms with Crippen LogP contribution >= 0.6 is 11.3 Å². The van der Waals surface area contributed by atoms with Crippen LogP contribution in [0.4, 0.5) is 0 Å². The quantitative estimate of drug-likeness (QED) is 0.882. The lowest BCUT2D eigenvalue weighted by atomic mass is 10.1. The minimum atomic E-state index is -3.58. The number of nitrogens with zero attached hydrogens (tertiary/aromatic N) is 1. The molecule has 0 atom stereocenters. The third-order valence-electron chi connectivity index (χ3n) is 3.21. The van der Waals surface area contributed by atoms with Crippen molar-refractivity contribution in [2.45, 2.75) is 24.0 Å². The van der Waals surface area contributed by atoms with Crippen molar-refractivity contribution in [1.82, 2.24) is 9.29 Å². The van der Waals surface area contributed by atoms with Gasteiger partial charge >= 0.3 is 4.87 Å². The first kappa shape index (κ1) is 15.9. The number of benzene rings is 1. The number of H-pyrrole nitrogens is 1. The topological polar surface area (TPSA) is 70.2 Å². The maximum Gasteiger partial charge on any atom is 0.305 e. The number of sulfonamides is 1. The number of aromatic amines is 1. The molecule has 2 rings (SSSR count). The summed E-state index contributed by atoms with van der Waals surface area (Å²) in [6.07, 6.45) is 1.56. The van der Waals surface area contributed by atoms with E-state index < -0.39 is 10.0 Å². The largest absolute Gasteiger partial charge is 0.315 e. The van der Waals surface area contributed by atoms with Gasteiger partial charge in [0.25, 0.3) is 10.0 Å². The van der Waals surface area contributed by atoms with Crippen LogP contribution in [0, 0.1) is 6.92 Å². The molecule has 21 heavy (non-hydrogen) atoms. The van der Waals surface area contributed by atoms with Crippen LogP contribution in [0.25, 0.3) is 0 Å². The van der Waals surface area contributed by atoms with E-state index in [1.54, 1.807) is 14.0 Å². The summed E-state index contributed by atoms with van der Waals surface area (Å²) in [5.74, 6) is 0. The fourth-order valence-corrected chi connectivity index (χ4v) is 4.75. The van der Waals surface area contributed by atoms with Gasteiger partial charge < -0.3 is 4.98 Å². The Kier molecular flexibility index (Phi) is 4.97. The highest BCUT2D eigenvalue weighted by Crippen LogP contribution is 2.20. The Bertz CT molecular complexity index is 748. The molecule has 0 amide bonds. The fraction of sp³-hybridized carbons (Fsp3) is 0.357. The van der Waals surface area contributed by atoms with Crippen molar-refractivity contribution in [2.24, 2.45) is 0 Å². The second-order valence-corrected chi connectivity index (χ2v) is 8.07. The summed E-state index contributed by atoms with van der Waals surface area (Å²) < 4.78 is 26.2. The van der Waals surface area contributed by atoms with Gasteiger partial charge in [0.1, 0.15) is 0 Å². The van der Waals surface area contributed by atoms with Crippen LogP contribution in [0.2, 0.25) is 0 Å². The zero-order valence-corrected chi connectivity index (χ0v) is 13.6. The lowest BCUT2D eigenvalue weighted by Crippen LogP contribution is -2.28. The molecule has 5 nitrogen and oxygen atoms in total. The normalized spacial score (nSPS) is 12.0. The first-order chi connectivity index (χ1) is 9.91. The van der Waals surface area contributed by atoms with Crippen LogP contribution in [0.5, 0.6) is 0 Å². The molecule has 0 spiro atoms. The lowest BCUT2D eigenvalue weighted by Gasteiger charge is -2.16. The van der Waals surface area contributed by atoms with E-state index in [1.165, 1.54) is 9.87 Å². The minimum Gasteiger partial charge on any atom is -0.315 e. The summed E-state index contributed by atoms with van der Waals surface area (Å²) in [6, 6.07) is 9.94. The lowest BCUT2D eigenvalue weighted by molar-refractivity contribution is 0.462. The van der Waals surface area contributed by atoms with Crippen LogP contribution in [-0.4, -0.2) is 31.3 Å². The summed E-state index contributed by atoms with van der Waals surface area (Å²) in [4.78, 5) is 13.4. The summed E-state index contributed by atoms with van der Waals surface area (Å²) in [5.41, 5.74) is 1.59. The highest BCUT2D eigenvalue weighted by Gasteiger charge is 2.25. The first-order valence-corrected chi connectivity index (χ1v) is 8.87. The Morgan fingerprint density at radius 3 is 2.48 bits per heavy atom. The van der Waals surface area contributed by atoms with E-state index in [0.717, 1.165) is 24.2 Å². The fourth-order valence-electron chi connectivity index (χ4n) is 2.05. The van der Waals surface area contributed by atoms with Crippen LogP contribution < -0.4 is 4.87 Å². The monoisotopic (exact) mass is 326 g/mol. The Hall–Kier alpha value is -1.44. The Balaban J connectivity index is 2.01. The number of rotatable bonds is 6. The summed E-state index contributed by atoms with van der Waals surface area (Å²) in [6.45, 7) is 2.02. The molecule has 1 aromatic carbocycles. The molecule has 0 bridgehead atoms. The summed E-state index contributed by atoms with van der Waals surface area (Å²) in [7, 11) is -2.04. The molecule has 0 unspecified atom stereocenters. The van der Waals surface area contributed by atoms with Crippen molar-refractivity contribution < 1.29 is 8.42 Å². The molecule has 0 aliphatic rings. The molecule has 0 fully saturated rings. The predicted octanol–water partition coefficient (Wildman–Crippen LogP) is 2.00. The number of hydrogen-bond acceptors (Lipinski definition) is 4. The van der Waals surface area contributed by atoms with E-state index in [4.69, 9.17) is 0 Å². The maximum absolute atomic E-state index is 12.4. The first-order valence-electron chi connectivity index (χ1n) is 6.61. The number of aryl methyl sites for hydroxylation is 2. The van der Waals surface area contributed by atoms with E-state index in [1.807, 2.05) is 30.3 Å². The van der Waals surface area contributed by atoms with E-state index in [-0.39, 0.29) is 9.08 Å². The van der Waals surface area contributed by atoms with Gasteiger partial charge in [-0.05, 0) is 25.3 Å². The molecule has 0 aliphatic carbocycles. The summed E-state index contributed by atoms with van der Waals surface area (Å²) in [5, 5.41) is 0. The minimum absolute atomic E-state index is 0.106. The van der Waals surface area contributed by atoms with Gasteiger partial charge in [-0.15, -0.1) is 0 Å². The SMILES string of the molecule is Cc1[nH]c(=O)sc1S(=O)(=O)N(C)CCCc1ccccc1. The standard InChI is InChI=1S/C14H18N2O3S2/c1-11-13(20-14(17)15-11)21(18,19)16(2)10-6-9-12-7-4-3-5-8-12/h3-5,7-8H,6,9-10H2,1-2H3,(H,15,17). The van der Waals surface area contributed by atoms with E-state index in [2.05, 4.69) is 4.98 Å². The molecule has 2 aromatic rings. The number of hydrogen-bond donors (Lipinski definition) is 1. The molecule has 0 saturated carbocycles. The van der Waals surface area contributed by atoms with Crippen LogP contribution in [0.15, 0.2) is 39.3 Å². The molecule has 0 aliphatic heterocycles. The molecule has 1 N–H and O–H groups in total. The smallest absolute Gasteiger partial charge is 0.305 e. The zero-order valence-electron chi connectivity index (χ0n) is 12.0. The predicted molar refractivity (Wildman–Crippen MR) is 84.3 cm³/mol. The van der Waals surface area contributed by atoms with Crippen molar-refractivity contribution >= 4 is 21.4 Å². The molecule has 7 heteroatoms. The van der Waals surface area contributed by atoms with Crippen LogP contribution in [0.1, 0.15) is 17.7 Å². The Morgan fingerprint density at radius 2 is 1.90 bits per heavy atom. The van der Waals surface area contributed by atoms with Gasteiger partial charge in [-0.25, -0.2) is 12.7 Å². The second kappa shape index (κ2) is 6.55.